The largest absolute Gasteiger partial charge is 0.508 e. The molecule has 0 radical (unpaired) electrons. The van der Waals surface area contributed by atoms with Crippen molar-refractivity contribution in [2.45, 2.75) is 66.7 Å². The molecule has 3 aliphatic carbocycles. The lowest BCUT2D eigenvalue weighted by Gasteiger charge is -2.50. The number of alkyl halides is 2. The fraction of sp³-hybridized carbons (Fsp3) is 0.438. The van der Waals surface area contributed by atoms with E-state index in [2.05, 4.69) is 15.9 Å². The number of allylic oxidation sites excluding steroid dienone is 2. The van der Waals surface area contributed by atoms with Gasteiger partial charge in [-0.15, -0.1) is 23.2 Å². The van der Waals surface area contributed by atoms with Crippen LogP contribution in [0.15, 0.2) is 34.3 Å². The number of hydrogen-bond acceptors (Lipinski definition) is 5. The number of imide groups is 2. The highest BCUT2D eigenvalue weighted by molar-refractivity contribution is 9.10. The van der Waals surface area contributed by atoms with E-state index in [1.807, 2.05) is 0 Å². The van der Waals surface area contributed by atoms with Crippen molar-refractivity contribution >= 4 is 68.4 Å². The zero-order chi connectivity index (χ0) is 33.9. The number of benzene rings is 2. The molecule has 1 N–H and O–H groups in total. The Hall–Kier alpha value is -3.03. The Morgan fingerprint density at radius 2 is 1.45 bits per heavy atom. The first-order valence-corrected chi connectivity index (χ1v) is 16.5. The molecule has 7 nitrogen and oxygen atoms in total. The number of phenols is 1. The molecule has 2 aromatic rings. The van der Waals surface area contributed by atoms with Gasteiger partial charge in [-0.3, -0.25) is 24.1 Å². The van der Waals surface area contributed by atoms with E-state index in [1.54, 1.807) is 6.08 Å². The summed E-state index contributed by atoms with van der Waals surface area (Å²) in [6.45, 7) is 0. The number of amides is 4. The molecule has 47 heavy (non-hydrogen) atoms. The van der Waals surface area contributed by atoms with Gasteiger partial charge in [-0.25, -0.2) is 26.9 Å². The maximum atomic E-state index is 15.2. The van der Waals surface area contributed by atoms with E-state index >= 15 is 8.78 Å². The van der Waals surface area contributed by atoms with Crippen molar-refractivity contribution in [1.29, 1.82) is 0 Å². The van der Waals surface area contributed by atoms with Crippen molar-refractivity contribution < 1.29 is 46.2 Å². The Kier molecular flexibility index (Phi) is 7.61. The molecule has 2 heterocycles. The van der Waals surface area contributed by atoms with E-state index in [-0.39, 0.29) is 34.4 Å². The van der Waals surface area contributed by atoms with Gasteiger partial charge in [0.1, 0.15) is 11.4 Å². The first kappa shape index (κ1) is 32.5. The number of halogens is 8. The van der Waals surface area contributed by atoms with Crippen molar-refractivity contribution in [3.8, 4) is 5.75 Å². The summed E-state index contributed by atoms with van der Waals surface area (Å²) < 4.78 is 73.4. The van der Waals surface area contributed by atoms with Gasteiger partial charge in [0.25, 0.3) is 11.8 Å². The number of rotatable bonds is 3. The molecule has 0 bridgehead atoms. The van der Waals surface area contributed by atoms with Gasteiger partial charge in [0.05, 0.1) is 11.8 Å². The van der Waals surface area contributed by atoms with Crippen LogP contribution in [-0.2, 0) is 19.2 Å². The van der Waals surface area contributed by atoms with Crippen molar-refractivity contribution in [2.24, 2.45) is 17.8 Å². The Morgan fingerprint density at radius 1 is 0.830 bits per heavy atom. The molecule has 2 saturated heterocycles. The SMILES string of the molecule is O=C1C2CC=C3C(CC4(Cl)C(=O)N(c5c(F)c(F)c(F)c(F)c5F)C(=O)C4(Cl)C3c3cc(Br)ccc3O)C2C(=O)N1C1CCCCC1. The predicted molar refractivity (Wildman–Crippen MR) is 161 cm³/mol. The molecule has 0 spiro atoms. The first-order valence-electron chi connectivity index (χ1n) is 15.0. The average Bonchev–Trinajstić information content (AvgIpc) is 3.39. The van der Waals surface area contributed by atoms with Crippen LogP contribution in [0, 0.1) is 46.8 Å². The second-order valence-electron chi connectivity index (χ2n) is 12.7. The molecule has 15 heteroatoms. The standard InChI is InChI=1S/C32H24BrCl2F5N2O5/c33-12-6-9-18(43)16(10-12)20-14-7-8-15-19(28(45)41(27(15)44)13-4-2-1-3-5-13)17(14)11-31(34)29(46)42(30(47)32(20,31)35)26-24(39)22(37)21(36)23(38)25(26)40/h6-7,9-10,13,15,17,19-20,43H,1-5,8,11H2. The van der Waals surface area contributed by atoms with Crippen LogP contribution in [0.2, 0.25) is 0 Å². The van der Waals surface area contributed by atoms with E-state index in [4.69, 9.17) is 23.2 Å². The van der Waals surface area contributed by atoms with E-state index in [0.717, 1.165) is 19.3 Å². The summed E-state index contributed by atoms with van der Waals surface area (Å²) in [5.41, 5.74) is -1.64. The number of carbonyl (C=O) groups excluding carboxylic acids is 4. The molecular formula is C32H24BrCl2F5N2O5. The number of anilines is 1. The van der Waals surface area contributed by atoms with Crippen LogP contribution in [0.1, 0.15) is 56.4 Å². The number of fused-ring (bicyclic) bond motifs is 4. The molecule has 6 unspecified atom stereocenters. The minimum absolute atomic E-state index is 0.0430. The summed E-state index contributed by atoms with van der Waals surface area (Å²) in [6.07, 6.45) is 4.94. The Bertz CT molecular complexity index is 1810. The molecule has 7 rings (SSSR count). The normalized spacial score (nSPS) is 32.5. The lowest BCUT2D eigenvalue weighted by atomic mass is 9.56. The van der Waals surface area contributed by atoms with Crippen LogP contribution in [0.25, 0.3) is 0 Å². The molecular weight excluding hydrogens is 738 g/mol. The zero-order valence-corrected chi connectivity index (χ0v) is 27.2. The summed E-state index contributed by atoms with van der Waals surface area (Å²) in [7, 11) is 0. The molecule has 5 aliphatic rings. The van der Waals surface area contributed by atoms with Crippen molar-refractivity contribution in [1.82, 2.24) is 4.90 Å². The molecule has 4 fully saturated rings. The lowest BCUT2D eigenvalue weighted by molar-refractivity contribution is -0.143. The second-order valence-corrected chi connectivity index (χ2v) is 14.9. The smallest absolute Gasteiger partial charge is 0.258 e. The fourth-order valence-electron chi connectivity index (χ4n) is 8.39. The van der Waals surface area contributed by atoms with Gasteiger partial charge in [-0.05, 0) is 49.8 Å². The third-order valence-corrected chi connectivity index (χ3v) is 12.4. The summed E-state index contributed by atoms with van der Waals surface area (Å²) in [4.78, 5) is 52.1. The predicted octanol–water partition coefficient (Wildman–Crippen LogP) is 6.75. The molecule has 2 aromatic carbocycles. The van der Waals surface area contributed by atoms with Crippen LogP contribution in [-0.4, -0.2) is 49.4 Å². The van der Waals surface area contributed by atoms with Crippen LogP contribution < -0.4 is 4.90 Å². The van der Waals surface area contributed by atoms with E-state index < -0.39 is 98.1 Å². The maximum absolute atomic E-state index is 15.2. The fourth-order valence-corrected chi connectivity index (χ4v) is 9.70. The summed E-state index contributed by atoms with van der Waals surface area (Å²) in [6, 6.07) is 3.78. The quantitative estimate of drug-likeness (QED) is 0.0934. The number of nitrogens with zero attached hydrogens (tertiary/aromatic N) is 2. The third-order valence-electron chi connectivity index (χ3n) is 10.5. The minimum Gasteiger partial charge on any atom is -0.508 e. The molecule has 2 saturated carbocycles. The number of hydrogen-bond donors (Lipinski definition) is 1. The van der Waals surface area contributed by atoms with Crippen molar-refractivity contribution in [2.75, 3.05) is 4.90 Å². The molecule has 2 aliphatic heterocycles. The summed E-state index contributed by atoms with van der Waals surface area (Å²) >= 11 is 17.5. The monoisotopic (exact) mass is 760 g/mol. The minimum atomic E-state index is -2.70. The average molecular weight is 762 g/mol. The summed E-state index contributed by atoms with van der Waals surface area (Å²) in [5, 5.41) is 11.1. The highest BCUT2D eigenvalue weighted by Gasteiger charge is 2.77. The van der Waals surface area contributed by atoms with Gasteiger partial charge in [0.2, 0.25) is 17.6 Å². The number of phenolic OH excluding ortho intramolecular Hbond substituents is 1. The van der Waals surface area contributed by atoms with Crippen LogP contribution in [0.3, 0.4) is 0 Å². The Labute approximate surface area is 282 Å². The van der Waals surface area contributed by atoms with Crippen molar-refractivity contribution in [3.63, 3.8) is 0 Å². The van der Waals surface area contributed by atoms with E-state index in [1.165, 1.54) is 23.1 Å². The van der Waals surface area contributed by atoms with Gasteiger partial charge in [-0.2, -0.15) is 0 Å². The number of aromatic hydroxyl groups is 1. The Morgan fingerprint density at radius 3 is 2.09 bits per heavy atom. The van der Waals surface area contributed by atoms with Gasteiger partial charge >= 0.3 is 0 Å². The van der Waals surface area contributed by atoms with E-state index in [0.29, 0.717) is 17.3 Å². The van der Waals surface area contributed by atoms with E-state index in [9.17, 15) is 37.5 Å². The van der Waals surface area contributed by atoms with Crippen LogP contribution in [0.5, 0.6) is 5.75 Å². The number of carbonyl (C=O) groups is 4. The summed E-state index contributed by atoms with van der Waals surface area (Å²) in [5.74, 6) is -21.2. The molecule has 0 aromatic heterocycles. The van der Waals surface area contributed by atoms with Gasteiger partial charge < -0.3 is 5.11 Å². The Balaban J connectivity index is 1.43. The van der Waals surface area contributed by atoms with Crippen LogP contribution >= 0.6 is 39.1 Å². The highest BCUT2D eigenvalue weighted by atomic mass is 79.9. The highest BCUT2D eigenvalue weighted by Crippen LogP contribution is 2.67. The molecule has 248 valence electrons. The van der Waals surface area contributed by atoms with Gasteiger partial charge in [0, 0.05) is 22.0 Å². The third kappa shape index (κ3) is 4.20. The zero-order valence-electron chi connectivity index (χ0n) is 24.1. The second kappa shape index (κ2) is 11.0. The maximum Gasteiger partial charge on any atom is 0.258 e. The van der Waals surface area contributed by atoms with Gasteiger partial charge in [-0.1, -0.05) is 46.8 Å². The number of likely N-dealkylation sites (tertiary alicyclic amines) is 1. The van der Waals surface area contributed by atoms with Gasteiger partial charge in [0.15, 0.2) is 33.0 Å². The lowest BCUT2D eigenvalue weighted by Crippen LogP contribution is -2.60. The molecule has 4 amide bonds. The van der Waals surface area contributed by atoms with Crippen LogP contribution in [0.4, 0.5) is 27.6 Å². The van der Waals surface area contributed by atoms with Crippen molar-refractivity contribution in [3.05, 3.63) is 69.0 Å². The topological polar surface area (TPSA) is 95.0 Å². The first-order chi connectivity index (χ1) is 22.2. The molecule has 6 atom stereocenters.